The minimum Gasteiger partial charge on any atom is -0.287 e. The largest absolute Gasteiger partial charge is 0.287 e. The molecule has 80 valence electrons. The molecule has 1 unspecified atom stereocenters. The third-order valence-corrected chi connectivity index (χ3v) is 2.87. The van der Waals surface area contributed by atoms with E-state index in [9.17, 15) is 0 Å². The smallest absolute Gasteiger partial charge is 0.0949 e. The fourth-order valence-electron chi connectivity index (χ4n) is 1.15. The van der Waals surface area contributed by atoms with E-state index in [0.717, 1.165) is 5.56 Å². The topological polar surface area (TPSA) is 27.0 Å². The van der Waals surface area contributed by atoms with Gasteiger partial charge < -0.3 is 0 Å². The minimum absolute atomic E-state index is 0.128. The summed E-state index contributed by atoms with van der Waals surface area (Å²) in [6.07, 6.45) is 0. The van der Waals surface area contributed by atoms with Gasteiger partial charge in [-0.2, -0.15) is 5.26 Å². The Kier molecular flexibility index (Phi) is 4.41. The average molecular weight is 243 g/mol. The molecule has 4 heteroatoms. The molecule has 0 aliphatic rings. The molecule has 0 fully saturated rings. The van der Waals surface area contributed by atoms with Crippen molar-refractivity contribution in [2.75, 3.05) is 7.05 Å². The summed E-state index contributed by atoms with van der Waals surface area (Å²) in [5.41, 5.74) is 0.977. The van der Waals surface area contributed by atoms with E-state index in [1.165, 1.54) is 0 Å². The molecule has 0 aromatic heterocycles. The minimum atomic E-state index is -0.128. The van der Waals surface area contributed by atoms with Gasteiger partial charge in [0.1, 0.15) is 0 Å². The van der Waals surface area contributed by atoms with Crippen LogP contribution in [0.3, 0.4) is 0 Å². The van der Waals surface area contributed by atoms with Crippen molar-refractivity contribution in [1.29, 1.82) is 5.26 Å². The first-order valence-corrected chi connectivity index (χ1v) is 5.34. The summed E-state index contributed by atoms with van der Waals surface area (Å²) in [6, 6.07) is 7.44. The first-order valence-electron chi connectivity index (χ1n) is 4.58. The first-order chi connectivity index (χ1) is 7.04. The molecular formula is C11H12Cl2N2. The van der Waals surface area contributed by atoms with Gasteiger partial charge in [0.25, 0.3) is 0 Å². The van der Waals surface area contributed by atoms with E-state index in [1.54, 1.807) is 12.1 Å². The Morgan fingerprint density at radius 2 is 2.13 bits per heavy atom. The van der Waals surface area contributed by atoms with Gasteiger partial charge in [-0.25, -0.2) is 0 Å². The molecule has 1 rings (SSSR count). The molecule has 2 nitrogen and oxygen atoms in total. The maximum absolute atomic E-state index is 8.75. The normalized spacial score (nSPS) is 12.5. The fourth-order valence-corrected chi connectivity index (χ4v) is 1.62. The predicted octanol–water partition coefficient (Wildman–Crippen LogP) is 3.34. The predicted molar refractivity (Wildman–Crippen MR) is 63.0 cm³/mol. The van der Waals surface area contributed by atoms with Crippen LogP contribution in [0.15, 0.2) is 18.2 Å². The molecule has 0 saturated carbocycles. The summed E-state index contributed by atoms with van der Waals surface area (Å²) >= 11 is 11.8. The monoisotopic (exact) mass is 242 g/mol. The van der Waals surface area contributed by atoms with E-state index in [0.29, 0.717) is 16.6 Å². The quantitative estimate of drug-likeness (QED) is 0.814. The van der Waals surface area contributed by atoms with Gasteiger partial charge in [0.2, 0.25) is 0 Å². The van der Waals surface area contributed by atoms with Crippen molar-refractivity contribution in [2.45, 2.75) is 19.5 Å². The van der Waals surface area contributed by atoms with Crippen molar-refractivity contribution in [3.05, 3.63) is 33.8 Å². The molecule has 1 aromatic rings. The van der Waals surface area contributed by atoms with Crippen LogP contribution >= 0.6 is 23.2 Å². The lowest BCUT2D eigenvalue weighted by Gasteiger charge is -2.19. The van der Waals surface area contributed by atoms with Crippen molar-refractivity contribution in [2.24, 2.45) is 0 Å². The number of hydrogen-bond donors (Lipinski definition) is 0. The number of nitrogens with zero attached hydrogens (tertiary/aromatic N) is 2. The average Bonchev–Trinajstić information content (AvgIpc) is 2.20. The van der Waals surface area contributed by atoms with Crippen LogP contribution in [0, 0.1) is 11.3 Å². The highest BCUT2D eigenvalue weighted by atomic mass is 35.5. The van der Waals surface area contributed by atoms with Crippen LogP contribution in [0.2, 0.25) is 10.0 Å². The van der Waals surface area contributed by atoms with Crippen LogP contribution in [0.1, 0.15) is 12.5 Å². The molecule has 0 N–H and O–H groups in total. The van der Waals surface area contributed by atoms with Gasteiger partial charge in [0, 0.05) is 16.6 Å². The van der Waals surface area contributed by atoms with E-state index in [1.807, 2.05) is 24.9 Å². The standard InChI is InChI=1S/C11H12Cl2N2/c1-8(6-14)15(2)7-9-3-4-10(12)5-11(9)13/h3-5,8H,7H2,1-2H3. The van der Waals surface area contributed by atoms with Gasteiger partial charge in [0.05, 0.1) is 12.1 Å². The summed E-state index contributed by atoms with van der Waals surface area (Å²) in [4.78, 5) is 1.93. The van der Waals surface area contributed by atoms with Crippen LogP contribution < -0.4 is 0 Å². The second-order valence-corrected chi connectivity index (χ2v) is 4.30. The number of nitriles is 1. The Morgan fingerprint density at radius 1 is 1.47 bits per heavy atom. The highest BCUT2D eigenvalue weighted by Crippen LogP contribution is 2.22. The summed E-state index contributed by atoms with van der Waals surface area (Å²) in [5, 5.41) is 10.0. The SMILES string of the molecule is CC(C#N)N(C)Cc1ccc(Cl)cc1Cl. The molecule has 0 aliphatic heterocycles. The first kappa shape index (κ1) is 12.3. The van der Waals surface area contributed by atoms with Crippen molar-refractivity contribution in [1.82, 2.24) is 4.90 Å². The molecule has 15 heavy (non-hydrogen) atoms. The molecule has 0 heterocycles. The van der Waals surface area contributed by atoms with Crippen molar-refractivity contribution in [3.63, 3.8) is 0 Å². The Hall–Kier alpha value is -0.750. The Bertz CT molecular complexity index is 385. The summed E-state index contributed by atoms with van der Waals surface area (Å²) in [5.74, 6) is 0. The van der Waals surface area contributed by atoms with E-state index < -0.39 is 0 Å². The Balaban J connectivity index is 2.78. The zero-order chi connectivity index (χ0) is 11.4. The van der Waals surface area contributed by atoms with Crippen LogP contribution in [0.4, 0.5) is 0 Å². The molecule has 0 spiro atoms. The van der Waals surface area contributed by atoms with Gasteiger partial charge in [0.15, 0.2) is 0 Å². The molecule has 0 bridgehead atoms. The molecule has 0 amide bonds. The van der Waals surface area contributed by atoms with E-state index >= 15 is 0 Å². The third kappa shape index (κ3) is 3.39. The number of halogens is 2. The molecule has 1 aromatic carbocycles. The zero-order valence-corrected chi connectivity index (χ0v) is 10.2. The van der Waals surface area contributed by atoms with Gasteiger partial charge >= 0.3 is 0 Å². The van der Waals surface area contributed by atoms with E-state index in [-0.39, 0.29) is 6.04 Å². The van der Waals surface area contributed by atoms with E-state index in [4.69, 9.17) is 28.5 Å². The summed E-state index contributed by atoms with van der Waals surface area (Å²) < 4.78 is 0. The molecule has 0 radical (unpaired) electrons. The third-order valence-electron chi connectivity index (χ3n) is 2.28. The Labute approximate surface area is 100 Å². The van der Waals surface area contributed by atoms with Crippen LogP contribution in [0.25, 0.3) is 0 Å². The van der Waals surface area contributed by atoms with Gasteiger partial charge in [-0.15, -0.1) is 0 Å². The highest BCUT2D eigenvalue weighted by Gasteiger charge is 2.10. The van der Waals surface area contributed by atoms with Crippen LogP contribution in [-0.2, 0) is 6.54 Å². The molecule has 0 aliphatic carbocycles. The van der Waals surface area contributed by atoms with Gasteiger partial charge in [-0.3, -0.25) is 4.90 Å². The maximum Gasteiger partial charge on any atom is 0.0949 e. The lowest BCUT2D eigenvalue weighted by Crippen LogP contribution is -2.27. The highest BCUT2D eigenvalue weighted by molar-refractivity contribution is 6.35. The lowest BCUT2D eigenvalue weighted by molar-refractivity contribution is 0.294. The number of rotatable bonds is 3. The number of benzene rings is 1. The molecular weight excluding hydrogens is 231 g/mol. The maximum atomic E-state index is 8.75. The zero-order valence-electron chi connectivity index (χ0n) is 8.67. The van der Waals surface area contributed by atoms with Crippen molar-refractivity contribution >= 4 is 23.2 Å². The van der Waals surface area contributed by atoms with E-state index in [2.05, 4.69) is 6.07 Å². The van der Waals surface area contributed by atoms with Crippen molar-refractivity contribution in [3.8, 4) is 6.07 Å². The van der Waals surface area contributed by atoms with Crippen molar-refractivity contribution < 1.29 is 0 Å². The second-order valence-electron chi connectivity index (χ2n) is 3.46. The lowest BCUT2D eigenvalue weighted by atomic mass is 10.2. The summed E-state index contributed by atoms with van der Waals surface area (Å²) in [6.45, 7) is 2.49. The van der Waals surface area contributed by atoms with Gasteiger partial charge in [-0.1, -0.05) is 29.3 Å². The molecule has 0 saturated heterocycles. The number of hydrogen-bond acceptors (Lipinski definition) is 2. The fraction of sp³-hybridized carbons (Fsp3) is 0.364. The van der Waals surface area contributed by atoms with Crippen LogP contribution in [0.5, 0.6) is 0 Å². The van der Waals surface area contributed by atoms with Gasteiger partial charge in [-0.05, 0) is 31.7 Å². The summed E-state index contributed by atoms with van der Waals surface area (Å²) in [7, 11) is 1.89. The second kappa shape index (κ2) is 5.37. The van der Waals surface area contributed by atoms with Crippen LogP contribution in [-0.4, -0.2) is 18.0 Å². The molecule has 1 atom stereocenters. The Morgan fingerprint density at radius 3 is 2.67 bits per heavy atom.